The maximum atomic E-state index is 5.14. The predicted molar refractivity (Wildman–Crippen MR) is 68.8 cm³/mol. The van der Waals surface area contributed by atoms with E-state index in [4.69, 9.17) is 4.74 Å². The molecule has 0 spiro atoms. The molecular weight excluding hydrogens is 200 g/mol. The molecule has 0 aromatic rings. The third-order valence-corrected chi connectivity index (χ3v) is 3.42. The molecular formula is C13H28N2O. The normalized spacial score (nSPS) is 26.2. The summed E-state index contributed by atoms with van der Waals surface area (Å²) in [4.78, 5) is 2.63. The molecule has 16 heavy (non-hydrogen) atoms. The summed E-state index contributed by atoms with van der Waals surface area (Å²) >= 11 is 0. The Balaban J connectivity index is 2.50. The summed E-state index contributed by atoms with van der Waals surface area (Å²) in [6.07, 6.45) is 1.13. The van der Waals surface area contributed by atoms with E-state index in [1.165, 1.54) is 0 Å². The molecule has 1 unspecified atom stereocenters. The SMILES string of the molecule is COCCCN1CC(C)(C)NCC1C(C)C. The van der Waals surface area contributed by atoms with Crippen LogP contribution >= 0.6 is 0 Å². The van der Waals surface area contributed by atoms with Gasteiger partial charge in [0, 0.05) is 44.9 Å². The monoisotopic (exact) mass is 228 g/mol. The van der Waals surface area contributed by atoms with E-state index in [1.54, 1.807) is 7.11 Å². The van der Waals surface area contributed by atoms with E-state index < -0.39 is 0 Å². The highest BCUT2D eigenvalue weighted by atomic mass is 16.5. The van der Waals surface area contributed by atoms with Gasteiger partial charge in [0.2, 0.25) is 0 Å². The average molecular weight is 228 g/mol. The van der Waals surface area contributed by atoms with E-state index >= 15 is 0 Å². The molecule has 96 valence electrons. The molecule has 0 aromatic heterocycles. The van der Waals surface area contributed by atoms with Crippen molar-refractivity contribution in [2.24, 2.45) is 5.92 Å². The van der Waals surface area contributed by atoms with Crippen molar-refractivity contribution in [2.45, 2.75) is 45.7 Å². The smallest absolute Gasteiger partial charge is 0.0474 e. The molecule has 1 N–H and O–H groups in total. The number of piperazine rings is 1. The molecule has 1 heterocycles. The average Bonchev–Trinajstić information content (AvgIpc) is 2.16. The third kappa shape index (κ3) is 4.04. The van der Waals surface area contributed by atoms with Crippen LogP contribution in [0.5, 0.6) is 0 Å². The Morgan fingerprint density at radius 1 is 1.44 bits per heavy atom. The van der Waals surface area contributed by atoms with Gasteiger partial charge in [-0.2, -0.15) is 0 Å². The van der Waals surface area contributed by atoms with Crippen LogP contribution in [-0.4, -0.2) is 49.8 Å². The maximum Gasteiger partial charge on any atom is 0.0474 e. The molecule has 1 aliphatic rings. The maximum absolute atomic E-state index is 5.14. The summed E-state index contributed by atoms with van der Waals surface area (Å²) in [5, 5.41) is 3.64. The number of hydrogen-bond donors (Lipinski definition) is 1. The first-order chi connectivity index (χ1) is 7.46. The lowest BCUT2D eigenvalue weighted by Crippen LogP contribution is -2.63. The lowest BCUT2D eigenvalue weighted by atomic mass is 9.93. The first kappa shape index (κ1) is 13.9. The van der Waals surface area contributed by atoms with Crippen molar-refractivity contribution in [1.82, 2.24) is 10.2 Å². The Labute approximate surface area is 101 Å². The van der Waals surface area contributed by atoms with Gasteiger partial charge in [0.1, 0.15) is 0 Å². The first-order valence-corrected chi connectivity index (χ1v) is 6.44. The van der Waals surface area contributed by atoms with Gasteiger partial charge in [0.25, 0.3) is 0 Å². The second-order valence-electron chi connectivity index (χ2n) is 5.89. The summed E-state index contributed by atoms with van der Waals surface area (Å²) < 4.78 is 5.14. The standard InChI is InChI=1S/C13H28N2O/c1-11(2)12-9-14-13(3,4)10-15(12)7-6-8-16-5/h11-12,14H,6-10H2,1-5H3. The van der Waals surface area contributed by atoms with Crippen molar-refractivity contribution >= 4 is 0 Å². The Kier molecular flexibility index (Phi) is 5.22. The quantitative estimate of drug-likeness (QED) is 0.725. The van der Waals surface area contributed by atoms with Crippen LogP contribution in [-0.2, 0) is 4.74 Å². The molecule has 1 fully saturated rings. The Bertz CT molecular complexity index is 204. The number of ether oxygens (including phenoxy) is 1. The van der Waals surface area contributed by atoms with Gasteiger partial charge in [-0.1, -0.05) is 13.8 Å². The minimum Gasteiger partial charge on any atom is -0.385 e. The fourth-order valence-corrected chi connectivity index (χ4v) is 2.51. The Morgan fingerprint density at radius 3 is 2.69 bits per heavy atom. The molecule has 1 aliphatic heterocycles. The number of rotatable bonds is 5. The third-order valence-electron chi connectivity index (χ3n) is 3.42. The molecule has 1 saturated heterocycles. The lowest BCUT2D eigenvalue weighted by molar-refractivity contribution is 0.0603. The second kappa shape index (κ2) is 5.99. The summed E-state index contributed by atoms with van der Waals surface area (Å²) in [5.41, 5.74) is 0.248. The zero-order chi connectivity index (χ0) is 12.2. The number of nitrogens with one attached hydrogen (secondary N) is 1. The predicted octanol–water partition coefficient (Wildman–Crippen LogP) is 1.73. The largest absolute Gasteiger partial charge is 0.385 e. The van der Waals surface area contributed by atoms with Crippen molar-refractivity contribution in [1.29, 1.82) is 0 Å². The lowest BCUT2D eigenvalue weighted by Gasteiger charge is -2.46. The van der Waals surface area contributed by atoms with Crippen molar-refractivity contribution in [2.75, 3.05) is 33.4 Å². The van der Waals surface area contributed by atoms with E-state index in [0.29, 0.717) is 12.0 Å². The number of nitrogens with zero attached hydrogens (tertiary/aromatic N) is 1. The van der Waals surface area contributed by atoms with Gasteiger partial charge in [0.05, 0.1) is 0 Å². The highest BCUT2D eigenvalue weighted by Crippen LogP contribution is 2.20. The van der Waals surface area contributed by atoms with Gasteiger partial charge >= 0.3 is 0 Å². The van der Waals surface area contributed by atoms with Crippen molar-refractivity contribution in [3.63, 3.8) is 0 Å². The summed E-state index contributed by atoms with van der Waals surface area (Å²) in [5.74, 6) is 0.714. The van der Waals surface area contributed by atoms with Crippen molar-refractivity contribution in [3.8, 4) is 0 Å². The molecule has 1 rings (SSSR count). The van der Waals surface area contributed by atoms with Gasteiger partial charge in [-0.15, -0.1) is 0 Å². The topological polar surface area (TPSA) is 24.5 Å². The molecule has 0 radical (unpaired) electrons. The zero-order valence-electron chi connectivity index (χ0n) is 11.5. The number of methoxy groups -OCH3 is 1. The highest BCUT2D eigenvalue weighted by Gasteiger charge is 2.33. The van der Waals surface area contributed by atoms with Gasteiger partial charge in [-0.25, -0.2) is 0 Å². The zero-order valence-corrected chi connectivity index (χ0v) is 11.5. The van der Waals surface area contributed by atoms with Crippen LogP contribution in [0.25, 0.3) is 0 Å². The van der Waals surface area contributed by atoms with Gasteiger partial charge in [-0.05, 0) is 26.2 Å². The molecule has 0 aromatic carbocycles. The van der Waals surface area contributed by atoms with Crippen LogP contribution in [0.4, 0.5) is 0 Å². The summed E-state index contributed by atoms with van der Waals surface area (Å²) in [7, 11) is 1.78. The van der Waals surface area contributed by atoms with Gasteiger partial charge in [0.15, 0.2) is 0 Å². The van der Waals surface area contributed by atoms with Crippen LogP contribution < -0.4 is 5.32 Å². The molecule has 0 amide bonds. The van der Waals surface area contributed by atoms with E-state index in [0.717, 1.165) is 32.7 Å². The van der Waals surface area contributed by atoms with Crippen molar-refractivity contribution in [3.05, 3.63) is 0 Å². The minimum absolute atomic E-state index is 0.248. The van der Waals surface area contributed by atoms with Crippen LogP contribution in [0.3, 0.4) is 0 Å². The highest BCUT2D eigenvalue weighted by molar-refractivity contribution is 4.93. The fraction of sp³-hybridized carbons (Fsp3) is 1.00. The van der Waals surface area contributed by atoms with Crippen molar-refractivity contribution < 1.29 is 4.74 Å². The van der Waals surface area contributed by atoms with Gasteiger partial charge in [-0.3, -0.25) is 4.90 Å². The summed E-state index contributed by atoms with van der Waals surface area (Å²) in [6.45, 7) is 13.5. The van der Waals surface area contributed by atoms with E-state index in [1.807, 2.05) is 0 Å². The fourth-order valence-electron chi connectivity index (χ4n) is 2.51. The Morgan fingerprint density at radius 2 is 2.12 bits per heavy atom. The van der Waals surface area contributed by atoms with Crippen LogP contribution in [0, 0.1) is 5.92 Å². The molecule has 0 bridgehead atoms. The second-order valence-corrected chi connectivity index (χ2v) is 5.89. The van der Waals surface area contributed by atoms with Crippen LogP contribution in [0.15, 0.2) is 0 Å². The van der Waals surface area contributed by atoms with Gasteiger partial charge < -0.3 is 10.1 Å². The summed E-state index contributed by atoms with van der Waals surface area (Å²) in [6, 6.07) is 0.671. The van der Waals surface area contributed by atoms with E-state index in [-0.39, 0.29) is 5.54 Å². The van der Waals surface area contributed by atoms with E-state index in [9.17, 15) is 0 Å². The molecule has 3 heteroatoms. The van der Waals surface area contributed by atoms with E-state index in [2.05, 4.69) is 37.9 Å². The number of hydrogen-bond acceptors (Lipinski definition) is 3. The first-order valence-electron chi connectivity index (χ1n) is 6.44. The molecule has 0 saturated carbocycles. The van der Waals surface area contributed by atoms with Crippen LogP contribution in [0.2, 0.25) is 0 Å². The molecule has 3 nitrogen and oxygen atoms in total. The minimum atomic E-state index is 0.248. The molecule has 1 atom stereocenters. The Hall–Kier alpha value is -0.120. The van der Waals surface area contributed by atoms with Crippen LogP contribution in [0.1, 0.15) is 34.1 Å². The molecule has 0 aliphatic carbocycles.